The predicted octanol–water partition coefficient (Wildman–Crippen LogP) is 21.9. The third-order valence-corrected chi connectivity index (χ3v) is 16.1. The quantitative estimate of drug-likeness (QED) is 0.151. The highest BCUT2D eigenvalue weighted by Crippen LogP contribution is 2.49. The Morgan fingerprint density at radius 1 is 0.200 bits per heavy atom. The van der Waals surface area contributed by atoms with Crippen molar-refractivity contribution in [3.8, 4) is 22.3 Å². The average molecular weight is 1030 g/mol. The van der Waals surface area contributed by atoms with Gasteiger partial charge in [0.15, 0.2) is 0 Å². The molecule has 0 saturated heterocycles. The Hall–Kier alpha value is -10.8. The van der Waals surface area contributed by atoms with Crippen molar-refractivity contribution < 1.29 is 17.7 Å². The van der Waals surface area contributed by atoms with Gasteiger partial charge >= 0.3 is 0 Å². The van der Waals surface area contributed by atoms with E-state index in [1.54, 1.807) is 0 Å². The van der Waals surface area contributed by atoms with E-state index in [2.05, 4.69) is 252 Å². The first-order chi connectivity index (χ1) is 39.6. The van der Waals surface area contributed by atoms with Gasteiger partial charge in [-0.25, -0.2) is 0 Å². The van der Waals surface area contributed by atoms with Gasteiger partial charge in [0, 0.05) is 95.2 Å². The molecule has 0 N–H and O–H groups in total. The molecule has 0 bridgehead atoms. The number of fused-ring (bicyclic) bond motifs is 14. The lowest BCUT2D eigenvalue weighted by molar-refractivity contribution is 0.656. The molecule has 0 fully saturated rings. The zero-order valence-corrected chi connectivity index (χ0v) is 42.9. The number of furan rings is 4. The third kappa shape index (κ3) is 6.99. The van der Waals surface area contributed by atoms with Crippen molar-refractivity contribution >= 4 is 143 Å². The average Bonchev–Trinajstić information content (AvgIpc) is 4.31. The van der Waals surface area contributed by atoms with Crippen LogP contribution < -0.4 is 9.80 Å². The normalized spacial score (nSPS) is 12.0. The predicted molar refractivity (Wildman–Crippen MR) is 331 cm³/mol. The molecule has 13 aromatic carbocycles. The highest BCUT2D eigenvalue weighted by molar-refractivity contribution is 6.19. The van der Waals surface area contributed by atoms with E-state index < -0.39 is 0 Å². The van der Waals surface area contributed by atoms with Gasteiger partial charge in [0.05, 0.1) is 11.4 Å². The van der Waals surface area contributed by atoms with Crippen molar-refractivity contribution in [2.75, 3.05) is 9.80 Å². The van der Waals surface area contributed by atoms with Gasteiger partial charge in [0.1, 0.15) is 44.7 Å². The largest absolute Gasteiger partial charge is 0.456 e. The van der Waals surface area contributed by atoms with Crippen molar-refractivity contribution in [3.05, 3.63) is 267 Å². The van der Waals surface area contributed by atoms with Crippen LogP contribution in [0.5, 0.6) is 0 Å². The summed E-state index contributed by atoms with van der Waals surface area (Å²) in [6, 6.07) is 94.5. The summed E-state index contributed by atoms with van der Waals surface area (Å²) in [7, 11) is 0. The minimum atomic E-state index is 0.778. The van der Waals surface area contributed by atoms with E-state index in [-0.39, 0.29) is 0 Å². The fourth-order valence-corrected chi connectivity index (χ4v) is 12.4. The van der Waals surface area contributed by atoms with Gasteiger partial charge in [-0.05, 0) is 136 Å². The molecule has 80 heavy (non-hydrogen) atoms. The molecule has 4 aromatic heterocycles. The highest BCUT2D eigenvalue weighted by Gasteiger charge is 2.24. The molecule has 0 spiro atoms. The molecule has 0 aliphatic heterocycles. The Balaban J connectivity index is 0.777. The van der Waals surface area contributed by atoms with Crippen LogP contribution in [0, 0.1) is 0 Å². The Morgan fingerprint density at radius 2 is 0.550 bits per heavy atom. The summed E-state index contributed by atoms with van der Waals surface area (Å²) >= 11 is 0. The second kappa shape index (κ2) is 17.3. The van der Waals surface area contributed by atoms with Crippen LogP contribution in [0.15, 0.2) is 285 Å². The number of rotatable bonds is 8. The second-order valence-corrected chi connectivity index (χ2v) is 20.8. The van der Waals surface area contributed by atoms with Crippen molar-refractivity contribution in [2.45, 2.75) is 0 Å². The lowest BCUT2D eigenvalue weighted by Gasteiger charge is -2.28. The van der Waals surface area contributed by atoms with Gasteiger partial charge in [-0.2, -0.15) is 0 Å². The molecule has 0 saturated carbocycles. The van der Waals surface area contributed by atoms with Crippen LogP contribution in [-0.2, 0) is 0 Å². The van der Waals surface area contributed by atoms with Gasteiger partial charge in [-0.3, -0.25) is 0 Å². The molecule has 4 heterocycles. The van der Waals surface area contributed by atoms with E-state index in [0.717, 1.165) is 166 Å². The zero-order valence-electron chi connectivity index (χ0n) is 42.9. The number of hydrogen-bond donors (Lipinski definition) is 0. The van der Waals surface area contributed by atoms with Crippen molar-refractivity contribution in [3.63, 3.8) is 0 Å². The van der Waals surface area contributed by atoms with E-state index >= 15 is 0 Å². The summed E-state index contributed by atoms with van der Waals surface area (Å²) in [6.45, 7) is 0. The summed E-state index contributed by atoms with van der Waals surface area (Å²) in [4.78, 5) is 4.68. The number of hydrogen-bond acceptors (Lipinski definition) is 6. The Bertz CT molecular complexity index is 4980. The number of benzene rings is 13. The first-order valence-electron chi connectivity index (χ1n) is 27.0. The van der Waals surface area contributed by atoms with Crippen LogP contribution in [0.3, 0.4) is 0 Å². The standard InChI is InChI=1S/C74H44N2O4/c1-5-17-45(18-6-1)57-39-61-55-25-13-15-27-67(55)77-71(61)42-65(57)75(51-21-9-3-10-22-51)53-31-29-47-35-59-63-41-64-60-36-48-30-32-54(34-50(48)38-70(60)80-74(64)44-73(63)79-69(59)37-49(47)33-53)76(52-23-11-4-12-24-52)66-43-72-62(56-26-14-16-28-68(56)78-72)40-58(66)46-19-7-2-8-20-46/h1-44H. The first-order valence-corrected chi connectivity index (χ1v) is 27.0. The van der Waals surface area contributed by atoms with Crippen LogP contribution in [0.2, 0.25) is 0 Å². The molecule has 0 aliphatic carbocycles. The molecule has 6 heteroatoms. The minimum Gasteiger partial charge on any atom is -0.456 e. The summed E-state index contributed by atoms with van der Waals surface area (Å²) in [5.74, 6) is 0. The third-order valence-electron chi connectivity index (χ3n) is 16.1. The molecule has 0 amide bonds. The van der Waals surface area contributed by atoms with Crippen LogP contribution in [0.4, 0.5) is 34.1 Å². The van der Waals surface area contributed by atoms with E-state index in [9.17, 15) is 0 Å². The SMILES string of the molecule is c1ccc(-c2cc3c(cc2N(c2ccccc2)c2ccc4cc5c(cc4c2)oc2cc4oc6cc7cc(N(c8ccccc8)c8cc9oc%10ccccc%10c9cc8-c8ccccc8)ccc7cc6c4cc25)oc2ccccc23)cc1. The van der Waals surface area contributed by atoms with Crippen molar-refractivity contribution in [1.29, 1.82) is 0 Å². The molecule has 0 atom stereocenters. The van der Waals surface area contributed by atoms with Crippen LogP contribution >= 0.6 is 0 Å². The molecule has 0 radical (unpaired) electrons. The molecule has 17 rings (SSSR count). The van der Waals surface area contributed by atoms with E-state index in [1.807, 2.05) is 24.3 Å². The Kier molecular flexibility index (Phi) is 9.61. The van der Waals surface area contributed by atoms with Gasteiger partial charge in [0.2, 0.25) is 0 Å². The monoisotopic (exact) mass is 1020 g/mol. The van der Waals surface area contributed by atoms with Crippen molar-refractivity contribution in [1.82, 2.24) is 0 Å². The zero-order chi connectivity index (χ0) is 52.4. The lowest BCUT2D eigenvalue weighted by atomic mass is 9.98. The fourth-order valence-electron chi connectivity index (χ4n) is 12.4. The highest BCUT2D eigenvalue weighted by atomic mass is 16.3. The summed E-state index contributed by atoms with van der Waals surface area (Å²) < 4.78 is 26.6. The second-order valence-electron chi connectivity index (χ2n) is 20.8. The molecule has 0 unspecified atom stereocenters. The van der Waals surface area contributed by atoms with Crippen LogP contribution in [0.1, 0.15) is 0 Å². The number of para-hydroxylation sites is 4. The Morgan fingerprint density at radius 3 is 1.00 bits per heavy atom. The van der Waals surface area contributed by atoms with Crippen LogP contribution in [0.25, 0.3) is 132 Å². The van der Waals surface area contributed by atoms with Crippen molar-refractivity contribution in [2.24, 2.45) is 0 Å². The summed E-state index contributed by atoms with van der Waals surface area (Å²) in [6.07, 6.45) is 0. The molecular weight excluding hydrogens is 981 g/mol. The van der Waals surface area contributed by atoms with E-state index in [4.69, 9.17) is 17.7 Å². The minimum absolute atomic E-state index is 0.778. The molecule has 6 nitrogen and oxygen atoms in total. The van der Waals surface area contributed by atoms with Gasteiger partial charge in [-0.1, -0.05) is 146 Å². The van der Waals surface area contributed by atoms with Gasteiger partial charge in [-0.15, -0.1) is 0 Å². The molecule has 17 aromatic rings. The number of anilines is 6. The molecule has 0 aliphatic rings. The smallest absolute Gasteiger partial charge is 0.139 e. The van der Waals surface area contributed by atoms with Gasteiger partial charge < -0.3 is 27.5 Å². The van der Waals surface area contributed by atoms with E-state index in [1.165, 1.54) is 0 Å². The maximum atomic E-state index is 6.78. The summed E-state index contributed by atoms with van der Waals surface area (Å²) in [5, 5.41) is 12.9. The molecule has 374 valence electrons. The topological polar surface area (TPSA) is 59.0 Å². The number of nitrogens with zero attached hydrogens (tertiary/aromatic N) is 2. The molecular formula is C74H44N2O4. The Labute approximate surface area is 457 Å². The maximum Gasteiger partial charge on any atom is 0.139 e. The first kappa shape index (κ1) is 44.3. The summed E-state index contributed by atoms with van der Waals surface area (Å²) in [5.41, 5.74) is 17.2. The fraction of sp³-hybridized carbons (Fsp3) is 0. The van der Waals surface area contributed by atoms with E-state index in [0.29, 0.717) is 0 Å². The van der Waals surface area contributed by atoms with Gasteiger partial charge in [0.25, 0.3) is 0 Å². The lowest BCUT2D eigenvalue weighted by Crippen LogP contribution is -2.11. The van der Waals surface area contributed by atoms with Crippen LogP contribution in [-0.4, -0.2) is 0 Å². The maximum absolute atomic E-state index is 6.78.